The van der Waals surface area contributed by atoms with E-state index < -0.39 is 5.41 Å². The van der Waals surface area contributed by atoms with Crippen molar-refractivity contribution in [2.45, 2.75) is 44.6 Å². The van der Waals surface area contributed by atoms with Crippen LogP contribution in [0.15, 0.2) is 73.3 Å². The topological polar surface area (TPSA) is 55.1 Å². The van der Waals surface area contributed by atoms with Crippen molar-refractivity contribution in [2.24, 2.45) is 23.5 Å². The van der Waals surface area contributed by atoms with E-state index in [-0.39, 0.29) is 11.8 Å². The normalized spacial score (nSPS) is 20.5. The van der Waals surface area contributed by atoms with Gasteiger partial charge in [-0.15, -0.1) is 6.58 Å². The minimum absolute atomic E-state index is 0.170. The molecule has 0 spiro atoms. The Bertz CT molecular complexity index is 760. The van der Waals surface area contributed by atoms with Crippen molar-refractivity contribution in [2.75, 3.05) is 6.54 Å². The van der Waals surface area contributed by atoms with Crippen LogP contribution in [0.3, 0.4) is 0 Å². The van der Waals surface area contributed by atoms with Crippen LogP contribution >= 0.6 is 0 Å². The zero-order valence-corrected chi connectivity index (χ0v) is 17.7. The van der Waals surface area contributed by atoms with Crippen molar-refractivity contribution in [1.82, 2.24) is 5.32 Å². The van der Waals surface area contributed by atoms with Crippen LogP contribution < -0.4 is 11.1 Å². The Kier molecular flexibility index (Phi) is 6.92. The summed E-state index contributed by atoms with van der Waals surface area (Å²) in [5.41, 5.74) is 7.37. The maximum absolute atomic E-state index is 13.1. The summed E-state index contributed by atoms with van der Waals surface area (Å²) in [5.74, 6) is 0.934. The van der Waals surface area contributed by atoms with Crippen molar-refractivity contribution < 1.29 is 4.79 Å². The van der Waals surface area contributed by atoms with Crippen LogP contribution in [0.2, 0.25) is 0 Å². The van der Waals surface area contributed by atoms with Crippen molar-refractivity contribution in [3.05, 3.63) is 84.4 Å². The lowest BCUT2D eigenvalue weighted by molar-refractivity contribution is -0.123. The van der Waals surface area contributed by atoms with Crippen molar-refractivity contribution >= 4 is 5.91 Å². The molecule has 0 radical (unpaired) electrons. The zero-order chi connectivity index (χ0) is 20.9. The molecule has 1 amide bonds. The molecule has 1 aliphatic rings. The van der Waals surface area contributed by atoms with Crippen LogP contribution in [0.25, 0.3) is 0 Å². The lowest BCUT2D eigenvalue weighted by Crippen LogP contribution is -2.48. The van der Waals surface area contributed by atoms with Gasteiger partial charge in [0.1, 0.15) is 5.41 Å². The Morgan fingerprint density at radius 2 is 1.66 bits per heavy atom. The van der Waals surface area contributed by atoms with Crippen molar-refractivity contribution in [3.63, 3.8) is 0 Å². The molecule has 1 aliphatic carbocycles. The molecule has 3 unspecified atom stereocenters. The zero-order valence-electron chi connectivity index (χ0n) is 17.7. The molecule has 1 saturated carbocycles. The fraction of sp³-hybridized carbons (Fsp3) is 0.423. The lowest BCUT2D eigenvalue weighted by atomic mass is 9.64. The highest BCUT2D eigenvalue weighted by Gasteiger charge is 2.49. The first-order valence-electron chi connectivity index (χ1n) is 10.8. The van der Waals surface area contributed by atoms with E-state index in [1.807, 2.05) is 66.7 Å². The van der Waals surface area contributed by atoms with Gasteiger partial charge < -0.3 is 11.1 Å². The molecule has 0 aliphatic heterocycles. The number of nitrogens with one attached hydrogen (secondary N) is 1. The summed E-state index contributed by atoms with van der Waals surface area (Å²) in [6, 6.07) is 20.5. The van der Waals surface area contributed by atoms with Gasteiger partial charge in [0.25, 0.3) is 0 Å². The Morgan fingerprint density at radius 3 is 2.10 bits per heavy atom. The molecule has 3 nitrogen and oxygen atoms in total. The highest BCUT2D eigenvalue weighted by molar-refractivity contribution is 5.91. The molecule has 154 valence electrons. The highest BCUT2D eigenvalue weighted by Crippen LogP contribution is 2.47. The Balaban J connectivity index is 1.90. The molecule has 29 heavy (non-hydrogen) atoms. The van der Waals surface area contributed by atoms with Gasteiger partial charge in [-0.2, -0.15) is 0 Å². The number of carbonyl (C=O) groups is 1. The largest absolute Gasteiger partial charge is 0.369 e. The predicted octanol–water partition coefficient (Wildman–Crippen LogP) is 4.67. The molecule has 0 saturated heterocycles. The van der Waals surface area contributed by atoms with E-state index in [4.69, 9.17) is 5.73 Å². The maximum Gasteiger partial charge on any atom is 0.232 e. The Morgan fingerprint density at radius 1 is 1.10 bits per heavy atom. The van der Waals surface area contributed by atoms with Gasteiger partial charge in [-0.25, -0.2) is 0 Å². The molecule has 2 aromatic rings. The van der Waals surface area contributed by atoms with Crippen LogP contribution in [0, 0.1) is 17.8 Å². The quantitative estimate of drug-likeness (QED) is 0.611. The smallest absolute Gasteiger partial charge is 0.232 e. The third kappa shape index (κ3) is 4.30. The van der Waals surface area contributed by atoms with Gasteiger partial charge >= 0.3 is 0 Å². The SMILES string of the molecule is C=CC(CNC1CCC(C(C(N)=O)(c2ccccc2)c2ccccc2)C1)C(C)C. The van der Waals surface area contributed by atoms with Gasteiger partial charge in [0, 0.05) is 12.6 Å². The number of hydrogen-bond acceptors (Lipinski definition) is 2. The van der Waals surface area contributed by atoms with E-state index in [2.05, 4.69) is 25.7 Å². The molecule has 1 fully saturated rings. The van der Waals surface area contributed by atoms with Crippen LogP contribution in [-0.2, 0) is 10.2 Å². The minimum Gasteiger partial charge on any atom is -0.369 e. The first-order valence-corrected chi connectivity index (χ1v) is 10.8. The van der Waals surface area contributed by atoms with Gasteiger partial charge in [-0.05, 0) is 48.1 Å². The van der Waals surface area contributed by atoms with E-state index in [0.717, 1.165) is 36.9 Å². The molecule has 2 aromatic carbocycles. The predicted molar refractivity (Wildman–Crippen MR) is 121 cm³/mol. The van der Waals surface area contributed by atoms with Gasteiger partial charge in [0.2, 0.25) is 5.91 Å². The molecular weight excluding hydrogens is 356 g/mol. The van der Waals surface area contributed by atoms with Gasteiger partial charge in [-0.1, -0.05) is 80.6 Å². The fourth-order valence-corrected chi connectivity index (χ4v) is 4.98. The summed E-state index contributed by atoms with van der Waals surface area (Å²) in [5, 5.41) is 3.73. The molecule has 0 aromatic heterocycles. The fourth-order valence-electron chi connectivity index (χ4n) is 4.98. The van der Waals surface area contributed by atoms with Crippen molar-refractivity contribution in [1.29, 1.82) is 0 Å². The standard InChI is InChI=1S/C26H34N2O/c1-4-20(19(2)3)18-28-24-16-15-23(17-24)26(25(27)29,21-11-7-5-8-12-21)22-13-9-6-10-14-22/h4-14,19-20,23-24,28H,1,15-18H2,2-3H3,(H2,27,29). The number of primary amides is 1. The molecule has 3 N–H and O–H groups in total. The number of hydrogen-bond donors (Lipinski definition) is 2. The lowest BCUT2D eigenvalue weighted by Gasteiger charge is -2.38. The van der Waals surface area contributed by atoms with E-state index in [1.54, 1.807) is 0 Å². The molecule has 3 atom stereocenters. The average molecular weight is 391 g/mol. The first-order chi connectivity index (χ1) is 14.0. The van der Waals surface area contributed by atoms with Crippen LogP contribution in [0.1, 0.15) is 44.2 Å². The number of rotatable bonds is 9. The van der Waals surface area contributed by atoms with E-state index in [0.29, 0.717) is 17.9 Å². The van der Waals surface area contributed by atoms with Crippen molar-refractivity contribution in [3.8, 4) is 0 Å². The molecule has 3 rings (SSSR count). The third-order valence-corrected chi connectivity index (χ3v) is 6.69. The number of nitrogens with two attached hydrogens (primary N) is 1. The molecule has 0 bridgehead atoms. The molecular formula is C26H34N2O. The van der Waals surface area contributed by atoms with E-state index in [9.17, 15) is 4.79 Å². The first kappa shape index (κ1) is 21.3. The second kappa shape index (κ2) is 9.41. The second-order valence-corrected chi connectivity index (χ2v) is 8.66. The van der Waals surface area contributed by atoms with Crippen LogP contribution in [-0.4, -0.2) is 18.5 Å². The number of amides is 1. The third-order valence-electron chi connectivity index (χ3n) is 6.69. The highest BCUT2D eigenvalue weighted by atomic mass is 16.1. The van der Waals surface area contributed by atoms with E-state index in [1.165, 1.54) is 0 Å². The summed E-state index contributed by atoms with van der Waals surface area (Å²) in [7, 11) is 0. The van der Waals surface area contributed by atoms with Crippen LogP contribution in [0.4, 0.5) is 0 Å². The monoisotopic (exact) mass is 390 g/mol. The molecule has 0 heterocycles. The Labute approximate surface area is 175 Å². The van der Waals surface area contributed by atoms with Gasteiger partial charge in [-0.3, -0.25) is 4.79 Å². The van der Waals surface area contributed by atoms with E-state index >= 15 is 0 Å². The average Bonchev–Trinajstić information content (AvgIpc) is 3.19. The van der Waals surface area contributed by atoms with Crippen LogP contribution in [0.5, 0.6) is 0 Å². The summed E-state index contributed by atoms with van der Waals surface area (Å²) >= 11 is 0. The second-order valence-electron chi connectivity index (χ2n) is 8.66. The molecule has 3 heteroatoms. The Hall–Kier alpha value is -2.39. The number of benzene rings is 2. The minimum atomic E-state index is -0.797. The summed E-state index contributed by atoms with van der Waals surface area (Å²) in [4.78, 5) is 13.1. The summed E-state index contributed by atoms with van der Waals surface area (Å²) in [6.45, 7) is 9.37. The summed E-state index contributed by atoms with van der Waals surface area (Å²) < 4.78 is 0. The summed E-state index contributed by atoms with van der Waals surface area (Å²) in [6.07, 6.45) is 5.02. The maximum atomic E-state index is 13.1. The number of carbonyl (C=O) groups excluding carboxylic acids is 1. The van der Waals surface area contributed by atoms with Gasteiger partial charge in [0.15, 0.2) is 0 Å². The van der Waals surface area contributed by atoms with Gasteiger partial charge in [0.05, 0.1) is 0 Å².